The van der Waals surface area contributed by atoms with Crippen LogP contribution in [0, 0.1) is 23.5 Å². The van der Waals surface area contributed by atoms with Gasteiger partial charge in [0.2, 0.25) is 5.91 Å². The average Bonchev–Trinajstić information content (AvgIpc) is 3.22. The van der Waals surface area contributed by atoms with Crippen molar-refractivity contribution in [3.8, 4) is 0 Å². The fraction of sp³-hybridized carbons (Fsp3) is 0.333. The highest BCUT2D eigenvalue weighted by Gasteiger charge is 2.41. The quantitative estimate of drug-likeness (QED) is 0.209. The molecule has 2 rings (SSSR count). The summed E-state index contributed by atoms with van der Waals surface area (Å²) in [5.41, 5.74) is -1.38. The molecule has 11 heteroatoms. The lowest BCUT2D eigenvalue weighted by atomic mass is 9.90. The van der Waals surface area contributed by atoms with Crippen molar-refractivity contribution in [2.75, 3.05) is 25.1 Å². The van der Waals surface area contributed by atoms with E-state index in [9.17, 15) is 28.0 Å². The Hall–Kier alpha value is -3.05. The van der Waals surface area contributed by atoms with E-state index in [0.717, 1.165) is 12.1 Å². The van der Waals surface area contributed by atoms with Gasteiger partial charge in [-0.1, -0.05) is 25.3 Å². The summed E-state index contributed by atoms with van der Waals surface area (Å²) in [5.74, 6) is -6.96. The molecule has 3 atom stereocenters. The molecule has 1 aromatic carbocycles. The Morgan fingerprint density at radius 1 is 1.19 bits per heavy atom. The Morgan fingerprint density at radius 2 is 1.84 bits per heavy atom. The van der Waals surface area contributed by atoms with Gasteiger partial charge in [0, 0.05) is 6.54 Å². The number of nitrogens with one attached hydrogen (secondary N) is 2. The van der Waals surface area contributed by atoms with Crippen molar-refractivity contribution in [2.45, 2.75) is 12.5 Å². The van der Waals surface area contributed by atoms with E-state index < -0.39 is 63.7 Å². The van der Waals surface area contributed by atoms with E-state index in [0.29, 0.717) is 0 Å². The maximum absolute atomic E-state index is 14.7. The third kappa shape index (κ3) is 6.01. The zero-order valence-corrected chi connectivity index (χ0v) is 17.8. The molecule has 0 saturated carbocycles. The fourth-order valence-corrected chi connectivity index (χ4v) is 3.52. The normalized spacial score (nSPS) is 18.3. The Labute approximate surface area is 188 Å². The summed E-state index contributed by atoms with van der Waals surface area (Å²) in [4.78, 5) is 48.5. The van der Waals surface area contributed by atoms with Crippen molar-refractivity contribution < 1.29 is 37.4 Å². The Bertz CT molecular complexity index is 939. The maximum Gasteiger partial charge on any atom is 0.344 e. The van der Waals surface area contributed by atoms with Crippen LogP contribution >= 0.6 is 12.6 Å². The molecule has 2 N–H and O–H groups in total. The molecular weight excluding hydrogens is 446 g/mol. The lowest BCUT2D eigenvalue weighted by Gasteiger charge is -2.18. The van der Waals surface area contributed by atoms with E-state index >= 15 is 0 Å². The van der Waals surface area contributed by atoms with E-state index in [4.69, 9.17) is 4.74 Å². The van der Waals surface area contributed by atoms with Crippen molar-refractivity contribution >= 4 is 41.3 Å². The van der Waals surface area contributed by atoms with E-state index in [1.165, 1.54) is 12.2 Å². The van der Waals surface area contributed by atoms with E-state index in [1.807, 2.05) is 0 Å². The van der Waals surface area contributed by atoms with E-state index in [-0.39, 0.29) is 26.2 Å². The summed E-state index contributed by atoms with van der Waals surface area (Å²) < 4.78 is 38.2. The average molecular weight is 468 g/mol. The summed E-state index contributed by atoms with van der Waals surface area (Å²) >= 11 is 3.74. The van der Waals surface area contributed by atoms with Crippen molar-refractivity contribution in [2.24, 2.45) is 11.8 Å². The standard InChI is InChI=1S/C21H22F2N2O6S/c1-3-7-30-19(27)15(21(29)32)11-9-14(24-10-11)18(26)25-13-6-5-12(22)16(17(13)23)20(28)31-8-4-2/h3-6,11,14-15,24H,1-2,7-10H2,(H,25,26)(H,29,32)/t11-,14+,15?/m1/s1. The third-order valence-corrected chi connectivity index (χ3v) is 4.98. The zero-order chi connectivity index (χ0) is 23.8. The van der Waals surface area contributed by atoms with Gasteiger partial charge in [0.25, 0.3) is 0 Å². The number of rotatable bonds is 10. The van der Waals surface area contributed by atoms with Crippen molar-refractivity contribution in [1.29, 1.82) is 0 Å². The topological polar surface area (TPSA) is 111 Å². The zero-order valence-electron chi connectivity index (χ0n) is 16.9. The molecule has 1 saturated heterocycles. The van der Waals surface area contributed by atoms with Gasteiger partial charge in [0.1, 0.15) is 30.5 Å². The number of carbonyl (C=O) groups excluding carboxylic acids is 4. The number of thiol groups is 1. The predicted molar refractivity (Wildman–Crippen MR) is 114 cm³/mol. The molecule has 0 aromatic heterocycles. The number of esters is 2. The van der Waals surface area contributed by atoms with Crippen LogP contribution in [0.1, 0.15) is 16.8 Å². The SMILES string of the molecule is C=CCOC(=O)c1c(F)ccc(NC(=O)[C@@H]2C[C@@H](C(C(=O)S)C(=O)OCC=C)CN2)c1F. The number of halogens is 2. The van der Waals surface area contributed by atoms with Crippen molar-refractivity contribution in [3.05, 3.63) is 54.6 Å². The highest BCUT2D eigenvalue weighted by molar-refractivity contribution is 7.96. The lowest BCUT2D eigenvalue weighted by molar-refractivity contribution is -0.151. The minimum atomic E-state index is -1.29. The Balaban J connectivity index is 2.11. The second-order valence-corrected chi connectivity index (χ2v) is 7.29. The van der Waals surface area contributed by atoms with Gasteiger partial charge >= 0.3 is 11.9 Å². The van der Waals surface area contributed by atoms with Gasteiger partial charge in [-0.05, 0) is 24.5 Å². The number of carbonyl (C=O) groups is 4. The number of benzene rings is 1. The smallest absolute Gasteiger partial charge is 0.344 e. The number of hydrogen-bond donors (Lipinski definition) is 3. The minimum absolute atomic E-state index is 0.0586. The Kier molecular flexibility index (Phi) is 9.09. The van der Waals surface area contributed by atoms with E-state index in [2.05, 4.69) is 41.2 Å². The molecule has 0 radical (unpaired) electrons. The number of amides is 1. The van der Waals surface area contributed by atoms with Crippen LogP contribution in [0.4, 0.5) is 14.5 Å². The molecule has 1 unspecified atom stereocenters. The first-order valence-electron chi connectivity index (χ1n) is 9.51. The predicted octanol–water partition coefficient (Wildman–Crippen LogP) is 2.03. The molecule has 1 fully saturated rings. The summed E-state index contributed by atoms with van der Waals surface area (Å²) in [7, 11) is 0. The summed E-state index contributed by atoms with van der Waals surface area (Å²) in [6, 6.07) is 0.897. The van der Waals surface area contributed by atoms with Gasteiger partial charge in [-0.3, -0.25) is 14.4 Å². The molecule has 32 heavy (non-hydrogen) atoms. The van der Waals surface area contributed by atoms with Gasteiger partial charge in [-0.25, -0.2) is 13.6 Å². The largest absolute Gasteiger partial charge is 0.461 e. The van der Waals surface area contributed by atoms with Crippen LogP contribution in [0.5, 0.6) is 0 Å². The van der Waals surface area contributed by atoms with Crippen molar-refractivity contribution in [1.82, 2.24) is 5.32 Å². The monoisotopic (exact) mass is 468 g/mol. The minimum Gasteiger partial charge on any atom is -0.461 e. The maximum atomic E-state index is 14.7. The lowest BCUT2D eigenvalue weighted by Crippen LogP contribution is -2.35. The van der Waals surface area contributed by atoms with Gasteiger partial charge in [-0.2, -0.15) is 0 Å². The Morgan fingerprint density at radius 3 is 2.47 bits per heavy atom. The van der Waals surface area contributed by atoms with Gasteiger partial charge in [-0.15, -0.1) is 12.6 Å². The molecule has 8 nitrogen and oxygen atoms in total. The second kappa shape index (κ2) is 11.5. The fourth-order valence-electron chi connectivity index (χ4n) is 3.21. The van der Waals surface area contributed by atoms with Crippen LogP contribution in [-0.4, -0.2) is 48.8 Å². The molecule has 1 heterocycles. The van der Waals surface area contributed by atoms with Crippen LogP contribution in [-0.2, 0) is 23.9 Å². The van der Waals surface area contributed by atoms with Gasteiger partial charge < -0.3 is 20.1 Å². The highest BCUT2D eigenvalue weighted by atomic mass is 32.1. The van der Waals surface area contributed by atoms with Crippen molar-refractivity contribution in [3.63, 3.8) is 0 Å². The molecule has 1 amide bonds. The summed E-state index contributed by atoms with van der Waals surface area (Å²) in [6.45, 7) is 6.56. The molecule has 1 aliphatic heterocycles. The first kappa shape index (κ1) is 25.2. The number of anilines is 1. The first-order chi connectivity index (χ1) is 15.2. The van der Waals surface area contributed by atoms with Crippen LogP contribution in [0.2, 0.25) is 0 Å². The summed E-state index contributed by atoms with van der Waals surface area (Å²) in [6.07, 6.45) is 2.64. The molecule has 0 aliphatic carbocycles. The first-order valence-corrected chi connectivity index (χ1v) is 9.96. The number of ether oxygens (including phenoxy) is 2. The molecule has 0 bridgehead atoms. The van der Waals surface area contributed by atoms with Gasteiger partial charge in [0.15, 0.2) is 10.9 Å². The van der Waals surface area contributed by atoms with E-state index in [1.54, 1.807) is 0 Å². The molecule has 172 valence electrons. The molecule has 1 aromatic rings. The van der Waals surface area contributed by atoms with Crippen LogP contribution in [0.15, 0.2) is 37.4 Å². The van der Waals surface area contributed by atoms with Crippen LogP contribution in [0.3, 0.4) is 0 Å². The van der Waals surface area contributed by atoms with Crippen LogP contribution in [0.25, 0.3) is 0 Å². The van der Waals surface area contributed by atoms with Gasteiger partial charge in [0.05, 0.1) is 11.7 Å². The molecular formula is C21H22F2N2O6S. The summed E-state index contributed by atoms with van der Waals surface area (Å²) in [5, 5.41) is 4.41. The third-order valence-electron chi connectivity index (χ3n) is 4.70. The van der Waals surface area contributed by atoms with Crippen LogP contribution < -0.4 is 10.6 Å². The second-order valence-electron chi connectivity index (χ2n) is 6.85. The molecule has 0 spiro atoms. The number of hydrogen-bond acceptors (Lipinski definition) is 7. The highest BCUT2D eigenvalue weighted by Crippen LogP contribution is 2.28. The molecule has 1 aliphatic rings.